The number of phenolic OH excluding ortho intramolecular Hbond substituents is 1. The third-order valence-electron chi connectivity index (χ3n) is 8.10. The van der Waals surface area contributed by atoms with E-state index >= 15 is 0 Å². The SMILES string of the molecule is Cc1nc(C(=O)NC2CCC(NC(=O)c3cc(F)cnc3Oc3cccc(-c4ccc(O)cc4CN(C)CC(=O)N(C)C)c3)CC2)cs1. The monoisotopic (exact) mass is 674 g/mol. The first-order valence-corrected chi connectivity index (χ1v) is 16.5. The van der Waals surface area contributed by atoms with Crippen LogP contribution in [-0.2, 0) is 11.3 Å². The Bertz CT molecular complexity index is 1790. The molecular weight excluding hydrogens is 635 g/mol. The molecule has 48 heavy (non-hydrogen) atoms. The number of aromatic nitrogens is 2. The van der Waals surface area contributed by atoms with Gasteiger partial charge in [0.15, 0.2) is 0 Å². The zero-order valence-electron chi connectivity index (χ0n) is 27.3. The molecule has 2 aromatic carbocycles. The molecule has 13 heteroatoms. The molecule has 2 aromatic heterocycles. The van der Waals surface area contributed by atoms with Crippen LogP contribution >= 0.6 is 11.3 Å². The van der Waals surface area contributed by atoms with Gasteiger partial charge in [-0.25, -0.2) is 14.4 Å². The van der Waals surface area contributed by atoms with Crippen LogP contribution < -0.4 is 15.4 Å². The number of rotatable bonds is 11. The van der Waals surface area contributed by atoms with Crippen molar-refractivity contribution in [2.24, 2.45) is 0 Å². The van der Waals surface area contributed by atoms with Crippen molar-refractivity contribution >= 4 is 29.1 Å². The summed E-state index contributed by atoms with van der Waals surface area (Å²) in [5.74, 6) is -0.983. The van der Waals surface area contributed by atoms with E-state index < -0.39 is 11.7 Å². The second-order valence-corrected chi connectivity index (χ2v) is 13.2. The molecule has 2 heterocycles. The van der Waals surface area contributed by atoms with Crippen molar-refractivity contribution < 1.29 is 28.6 Å². The molecule has 3 amide bonds. The second-order valence-electron chi connectivity index (χ2n) is 12.2. The van der Waals surface area contributed by atoms with Gasteiger partial charge in [-0.3, -0.25) is 19.3 Å². The highest BCUT2D eigenvalue weighted by molar-refractivity contribution is 7.09. The van der Waals surface area contributed by atoms with Crippen LogP contribution in [0.5, 0.6) is 17.4 Å². The van der Waals surface area contributed by atoms with E-state index in [2.05, 4.69) is 20.6 Å². The molecule has 0 bridgehead atoms. The minimum atomic E-state index is -0.671. The van der Waals surface area contributed by atoms with Gasteiger partial charge in [-0.05, 0) is 86.7 Å². The number of ether oxygens (including phenoxy) is 1. The molecule has 11 nitrogen and oxygen atoms in total. The molecule has 0 spiro atoms. The number of aryl methyl sites for hydroxylation is 1. The van der Waals surface area contributed by atoms with E-state index in [0.29, 0.717) is 43.7 Å². The van der Waals surface area contributed by atoms with E-state index in [1.54, 1.807) is 55.9 Å². The first kappa shape index (κ1) is 34.5. The lowest BCUT2D eigenvalue weighted by Crippen LogP contribution is -2.44. The minimum absolute atomic E-state index is 0.0234. The Balaban J connectivity index is 1.25. The molecule has 0 atom stereocenters. The Hall–Kier alpha value is -4.88. The maximum atomic E-state index is 14.3. The first-order chi connectivity index (χ1) is 22.9. The van der Waals surface area contributed by atoms with E-state index in [1.807, 2.05) is 24.9 Å². The van der Waals surface area contributed by atoms with Crippen LogP contribution in [0.2, 0.25) is 0 Å². The largest absolute Gasteiger partial charge is 0.508 e. The van der Waals surface area contributed by atoms with Gasteiger partial charge in [-0.15, -0.1) is 11.3 Å². The molecule has 1 aliphatic rings. The van der Waals surface area contributed by atoms with Crippen molar-refractivity contribution in [3.05, 3.63) is 87.8 Å². The molecule has 5 rings (SSSR count). The van der Waals surface area contributed by atoms with E-state index in [4.69, 9.17) is 4.74 Å². The maximum Gasteiger partial charge on any atom is 0.270 e. The summed E-state index contributed by atoms with van der Waals surface area (Å²) in [7, 11) is 5.23. The highest BCUT2D eigenvalue weighted by Crippen LogP contribution is 2.32. The summed E-state index contributed by atoms with van der Waals surface area (Å²) in [6.07, 6.45) is 3.63. The highest BCUT2D eigenvalue weighted by Gasteiger charge is 2.26. The molecule has 4 aromatic rings. The van der Waals surface area contributed by atoms with Crippen LogP contribution in [0.1, 0.15) is 57.1 Å². The number of nitrogens with zero attached hydrogens (tertiary/aromatic N) is 4. The zero-order valence-corrected chi connectivity index (χ0v) is 28.1. The number of benzene rings is 2. The van der Waals surface area contributed by atoms with Crippen molar-refractivity contribution in [1.82, 2.24) is 30.4 Å². The number of hydrogen-bond acceptors (Lipinski definition) is 9. The lowest BCUT2D eigenvalue weighted by Gasteiger charge is -2.29. The fraction of sp³-hybridized carbons (Fsp3) is 0.343. The summed E-state index contributed by atoms with van der Waals surface area (Å²) in [4.78, 5) is 49.8. The van der Waals surface area contributed by atoms with Crippen molar-refractivity contribution in [2.75, 3.05) is 27.7 Å². The number of hydrogen-bond donors (Lipinski definition) is 3. The average Bonchev–Trinajstić information content (AvgIpc) is 3.49. The molecule has 252 valence electrons. The Kier molecular flexibility index (Phi) is 11.0. The molecule has 3 N–H and O–H groups in total. The molecule has 1 aliphatic carbocycles. The number of phenols is 1. The summed E-state index contributed by atoms with van der Waals surface area (Å²) >= 11 is 1.42. The van der Waals surface area contributed by atoms with Gasteiger partial charge in [0, 0.05) is 38.1 Å². The number of amides is 3. The van der Waals surface area contributed by atoms with Crippen LogP contribution in [0.15, 0.2) is 60.1 Å². The van der Waals surface area contributed by atoms with E-state index in [-0.39, 0.29) is 47.6 Å². The number of pyridine rings is 1. The molecular formula is C35H39FN6O5S. The van der Waals surface area contributed by atoms with E-state index in [1.165, 1.54) is 16.2 Å². The van der Waals surface area contributed by atoms with Crippen molar-refractivity contribution in [3.8, 4) is 28.5 Å². The number of carbonyl (C=O) groups is 3. The van der Waals surface area contributed by atoms with Gasteiger partial charge in [0.05, 0.1) is 17.7 Å². The molecule has 0 aliphatic heterocycles. The topological polar surface area (TPSA) is 137 Å². The summed E-state index contributed by atoms with van der Waals surface area (Å²) in [5.41, 5.74) is 2.77. The Labute approximate surface area is 282 Å². The molecule has 1 saturated carbocycles. The van der Waals surface area contributed by atoms with Crippen LogP contribution in [0.4, 0.5) is 4.39 Å². The quantitative estimate of drug-likeness (QED) is 0.199. The molecule has 0 unspecified atom stereocenters. The van der Waals surface area contributed by atoms with Gasteiger partial charge in [0.1, 0.15) is 28.6 Å². The lowest BCUT2D eigenvalue weighted by molar-refractivity contribution is -0.129. The lowest BCUT2D eigenvalue weighted by atomic mass is 9.91. The first-order valence-electron chi connectivity index (χ1n) is 15.6. The zero-order chi connectivity index (χ0) is 34.4. The third kappa shape index (κ3) is 8.92. The van der Waals surface area contributed by atoms with Gasteiger partial charge in [0.25, 0.3) is 11.8 Å². The fourth-order valence-corrected chi connectivity index (χ4v) is 6.19. The number of nitrogens with one attached hydrogen (secondary N) is 2. The molecule has 1 fully saturated rings. The molecule has 0 radical (unpaired) electrons. The van der Waals surface area contributed by atoms with Crippen LogP contribution in [0.3, 0.4) is 0 Å². The van der Waals surface area contributed by atoms with E-state index in [0.717, 1.165) is 34.0 Å². The smallest absolute Gasteiger partial charge is 0.270 e. The summed E-state index contributed by atoms with van der Waals surface area (Å²) in [5, 5.41) is 18.8. The van der Waals surface area contributed by atoms with Gasteiger partial charge in [0.2, 0.25) is 11.8 Å². The summed E-state index contributed by atoms with van der Waals surface area (Å²) in [6, 6.07) is 13.1. The Morgan fingerprint density at radius 2 is 1.71 bits per heavy atom. The van der Waals surface area contributed by atoms with Gasteiger partial charge in [-0.1, -0.05) is 18.2 Å². The number of thiazole rings is 1. The highest BCUT2D eigenvalue weighted by atomic mass is 32.1. The second kappa shape index (κ2) is 15.3. The normalized spacial score (nSPS) is 16.0. The van der Waals surface area contributed by atoms with Crippen molar-refractivity contribution in [2.45, 2.75) is 51.2 Å². The number of halogens is 1. The number of carbonyl (C=O) groups excluding carboxylic acids is 3. The van der Waals surface area contributed by atoms with Crippen LogP contribution in [-0.4, -0.2) is 82.4 Å². The van der Waals surface area contributed by atoms with Crippen molar-refractivity contribution in [3.63, 3.8) is 0 Å². The van der Waals surface area contributed by atoms with Crippen LogP contribution in [0, 0.1) is 12.7 Å². The predicted molar refractivity (Wildman–Crippen MR) is 181 cm³/mol. The third-order valence-corrected chi connectivity index (χ3v) is 8.88. The number of likely N-dealkylation sites (N-methyl/N-ethyl adjacent to an activating group) is 2. The van der Waals surface area contributed by atoms with E-state index in [9.17, 15) is 23.9 Å². The maximum absolute atomic E-state index is 14.3. The summed E-state index contributed by atoms with van der Waals surface area (Å²) < 4.78 is 20.4. The Morgan fingerprint density at radius 1 is 1.00 bits per heavy atom. The predicted octanol–water partition coefficient (Wildman–Crippen LogP) is 5.14. The fourth-order valence-electron chi connectivity index (χ4n) is 5.59. The minimum Gasteiger partial charge on any atom is -0.508 e. The van der Waals surface area contributed by atoms with Crippen molar-refractivity contribution in [1.29, 1.82) is 0 Å². The standard InChI is InChI=1S/C35H39FN6O5S/c1-21-38-31(20-48-21)34(46)40-26-10-8-25(9-11-26)39-33(45)30-16-24(36)17-37-35(30)47-28-7-5-6-22(15-28)29-13-12-27(43)14-23(29)18-42(4)19-32(44)41(2)3/h5-7,12-17,20,25-26,43H,8-11,18-19H2,1-4H3,(H,39,45)(H,40,46). The van der Waals surface area contributed by atoms with Crippen LogP contribution in [0.25, 0.3) is 11.1 Å². The van der Waals surface area contributed by atoms with Gasteiger partial charge in [-0.2, -0.15) is 0 Å². The molecule has 0 saturated heterocycles. The number of aromatic hydroxyl groups is 1. The summed E-state index contributed by atoms with van der Waals surface area (Å²) in [6.45, 7) is 2.46. The average molecular weight is 675 g/mol. The van der Waals surface area contributed by atoms with Gasteiger partial charge < -0.3 is 25.4 Å². The Morgan fingerprint density at radius 3 is 2.38 bits per heavy atom. The van der Waals surface area contributed by atoms with Gasteiger partial charge >= 0.3 is 0 Å².